The fourth-order valence-corrected chi connectivity index (χ4v) is 3.98. The second kappa shape index (κ2) is 9.78. The summed E-state index contributed by atoms with van der Waals surface area (Å²) in [6.07, 6.45) is 3.64. The third-order valence-electron chi connectivity index (χ3n) is 4.57. The molecular weight excluding hydrogens is 351 g/mol. The molecule has 3 rings (SSSR count). The van der Waals surface area contributed by atoms with E-state index < -0.39 is 0 Å². The lowest BCUT2D eigenvalue weighted by atomic mass is 9.96. The molecule has 4 nitrogen and oxygen atoms in total. The maximum atomic E-state index is 13.0. The number of thioether (sulfide) groups is 1. The molecular formula is C20H25FN2O2S. The standard InChI is InChI=1S/C20H25FN2O2S/c21-18-7-5-16(6-8-18)13-23-10-1-3-17(14-23)20(24)22-9-12-26-15-19-4-2-11-25-19/h2,4-8,11,17H,1,3,9-10,12-15H2,(H,22,24)/t17-/m1/s1. The smallest absolute Gasteiger partial charge is 0.224 e. The SMILES string of the molecule is O=C(NCCSCc1ccco1)[C@@H]1CCCN(Cc2ccc(F)cc2)C1. The molecule has 1 aromatic carbocycles. The van der Waals surface area contributed by atoms with E-state index in [4.69, 9.17) is 4.42 Å². The van der Waals surface area contributed by atoms with Crippen molar-refractivity contribution < 1.29 is 13.6 Å². The second-order valence-corrected chi connectivity index (χ2v) is 7.73. The number of piperidine rings is 1. The first-order chi connectivity index (χ1) is 12.7. The normalized spacial score (nSPS) is 18.0. The molecule has 1 amide bonds. The van der Waals surface area contributed by atoms with E-state index in [1.54, 1.807) is 18.0 Å². The minimum atomic E-state index is -0.213. The summed E-state index contributed by atoms with van der Waals surface area (Å²) in [6, 6.07) is 10.5. The number of rotatable bonds is 8. The highest BCUT2D eigenvalue weighted by Crippen LogP contribution is 2.19. The largest absolute Gasteiger partial charge is 0.468 e. The fraction of sp³-hybridized carbons (Fsp3) is 0.450. The first kappa shape index (κ1) is 19.0. The molecule has 1 aromatic heterocycles. The van der Waals surface area contributed by atoms with Gasteiger partial charge in [0.15, 0.2) is 0 Å². The monoisotopic (exact) mass is 376 g/mol. The summed E-state index contributed by atoms with van der Waals surface area (Å²) in [4.78, 5) is 14.7. The first-order valence-electron chi connectivity index (χ1n) is 9.05. The lowest BCUT2D eigenvalue weighted by Crippen LogP contribution is -2.43. The van der Waals surface area contributed by atoms with Crippen molar-refractivity contribution in [2.45, 2.75) is 25.1 Å². The summed E-state index contributed by atoms with van der Waals surface area (Å²) in [6.45, 7) is 3.20. The van der Waals surface area contributed by atoms with E-state index in [-0.39, 0.29) is 17.6 Å². The summed E-state index contributed by atoms with van der Waals surface area (Å²) < 4.78 is 18.3. The number of likely N-dealkylation sites (tertiary alicyclic amines) is 1. The third kappa shape index (κ3) is 5.88. The quantitative estimate of drug-likeness (QED) is 0.714. The van der Waals surface area contributed by atoms with Gasteiger partial charge >= 0.3 is 0 Å². The van der Waals surface area contributed by atoms with Crippen LogP contribution in [0, 0.1) is 11.7 Å². The van der Waals surface area contributed by atoms with Crippen LogP contribution in [0.15, 0.2) is 47.1 Å². The maximum Gasteiger partial charge on any atom is 0.224 e. The van der Waals surface area contributed by atoms with E-state index in [0.29, 0.717) is 6.54 Å². The van der Waals surface area contributed by atoms with Crippen LogP contribution in [0.4, 0.5) is 4.39 Å². The average molecular weight is 376 g/mol. The topological polar surface area (TPSA) is 45.5 Å². The van der Waals surface area contributed by atoms with Crippen molar-refractivity contribution in [2.24, 2.45) is 5.92 Å². The number of furan rings is 1. The molecule has 1 aliphatic heterocycles. The maximum absolute atomic E-state index is 13.0. The van der Waals surface area contributed by atoms with Crippen LogP contribution in [0.3, 0.4) is 0 Å². The molecule has 0 saturated carbocycles. The number of amides is 1. The Bertz CT molecular complexity index is 676. The van der Waals surface area contributed by atoms with Gasteiger partial charge in [-0.05, 0) is 49.2 Å². The van der Waals surface area contributed by atoms with E-state index >= 15 is 0 Å². The predicted molar refractivity (Wildman–Crippen MR) is 102 cm³/mol. The van der Waals surface area contributed by atoms with Crippen molar-refractivity contribution in [2.75, 3.05) is 25.4 Å². The number of carbonyl (C=O) groups excluding carboxylic acids is 1. The molecule has 1 aliphatic rings. The number of hydrogen-bond donors (Lipinski definition) is 1. The molecule has 2 aromatic rings. The van der Waals surface area contributed by atoms with Gasteiger partial charge in [0, 0.05) is 25.4 Å². The van der Waals surface area contributed by atoms with Gasteiger partial charge in [0.05, 0.1) is 17.9 Å². The van der Waals surface area contributed by atoms with Crippen LogP contribution in [0.5, 0.6) is 0 Å². The fourth-order valence-electron chi connectivity index (χ4n) is 3.22. The van der Waals surface area contributed by atoms with Gasteiger partial charge in [-0.15, -0.1) is 0 Å². The number of halogens is 1. The lowest BCUT2D eigenvalue weighted by molar-refractivity contribution is -0.126. The van der Waals surface area contributed by atoms with Crippen molar-refractivity contribution >= 4 is 17.7 Å². The highest BCUT2D eigenvalue weighted by molar-refractivity contribution is 7.98. The number of nitrogens with zero attached hydrogens (tertiary/aromatic N) is 1. The first-order valence-corrected chi connectivity index (χ1v) is 10.2. The highest BCUT2D eigenvalue weighted by atomic mass is 32.2. The number of carbonyl (C=O) groups is 1. The minimum Gasteiger partial charge on any atom is -0.468 e. The van der Waals surface area contributed by atoms with Gasteiger partial charge < -0.3 is 9.73 Å². The van der Waals surface area contributed by atoms with Crippen LogP contribution in [-0.2, 0) is 17.1 Å². The molecule has 0 radical (unpaired) electrons. The van der Waals surface area contributed by atoms with Crippen LogP contribution in [0.2, 0.25) is 0 Å². The van der Waals surface area contributed by atoms with Crippen LogP contribution in [0.1, 0.15) is 24.2 Å². The molecule has 1 N–H and O–H groups in total. The Hall–Kier alpha value is -1.79. The van der Waals surface area contributed by atoms with Crippen LogP contribution in [0.25, 0.3) is 0 Å². The summed E-state index contributed by atoms with van der Waals surface area (Å²) >= 11 is 1.75. The molecule has 1 fully saturated rings. The Labute approximate surface area is 158 Å². The molecule has 1 atom stereocenters. The average Bonchev–Trinajstić information content (AvgIpc) is 3.17. The van der Waals surface area contributed by atoms with Gasteiger partial charge in [-0.1, -0.05) is 12.1 Å². The number of nitrogens with one attached hydrogen (secondary N) is 1. The van der Waals surface area contributed by atoms with Crippen LogP contribution >= 0.6 is 11.8 Å². The van der Waals surface area contributed by atoms with E-state index in [9.17, 15) is 9.18 Å². The Morgan fingerprint density at radius 1 is 1.31 bits per heavy atom. The summed E-state index contributed by atoms with van der Waals surface area (Å²) in [5.41, 5.74) is 1.08. The van der Waals surface area contributed by atoms with Crippen molar-refractivity contribution in [1.82, 2.24) is 10.2 Å². The predicted octanol–water partition coefficient (Wildman–Crippen LogP) is 3.68. The molecule has 0 unspecified atom stereocenters. The van der Waals surface area contributed by atoms with Crippen molar-refractivity contribution in [3.05, 3.63) is 59.8 Å². The molecule has 0 spiro atoms. The van der Waals surface area contributed by atoms with Gasteiger partial charge in [-0.25, -0.2) is 4.39 Å². The minimum absolute atomic E-state index is 0.0410. The van der Waals surface area contributed by atoms with Gasteiger partial charge in [0.1, 0.15) is 11.6 Å². The van der Waals surface area contributed by atoms with Crippen LogP contribution < -0.4 is 5.32 Å². The zero-order valence-electron chi connectivity index (χ0n) is 14.8. The summed E-state index contributed by atoms with van der Waals surface area (Å²) in [7, 11) is 0. The Morgan fingerprint density at radius 2 is 2.15 bits per heavy atom. The Kier molecular flexibility index (Phi) is 7.14. The second-order valence-electron chi connectivity index (χ2n) is 6.62. The van der Waals surface area contributed by atoms with E-state index in [2.05, 4.69) is 10.2 Å². The lowest BCUT2D eigenvalue weighted by Gasteiger charge is -2.32. The molecule has 6 heteroatoms. The Morgan fingerprint density at radius 3 is 2.92 bits per heavy atom. The van der Waals surface area contributed by atoms with Gasteiger partial charge in [0.25, 0.3) is 0 Å². The van der Waals surface area contributed by atoms with Gasteiger partial charge in [-0.2, -0.15) is 11.8 Å². The summed E-state index contributed by atoms with van der Waals surface area (Å²) in [5, 5.41) is 3.06. The van der Waals surface area contributed by atoms with E-state index in [0.717, 1.165) is 55.3 Å². The number of hydrogen-bond acceptors (Lipinski definition) is 4. The molecule has 26 heavy (non-hydrogen) atoms. The Balaban J connectivity index is 1.36. The van der Waals surface area contributed by atoms with E-state index in [1.807, 2.05) is 24.3 Å². The zero-order chi connectivity index (χ0) is 18.2. The van der Waals surface area contributed by atoms with E-state index in [1.165, 1.54) is 12.1 Å². The van der Waals surface area contributed by atoms with Gasteiger partial charge in [-0.3, -0.25) is 9.69 Å². The van der Waals surface area contributed by atoms with Gasteiger partial charge in [0.2, 0.25) is 5.91 Å². The molecule has 1 saturated heterocycles. The van der Waals surface area contributed by atoms with Crippen molar-refractivity contribution in [3.63, 3.8) is 0 Å². The molecule has 2 heterocycles. The molecule has 140 valence electrons. The highest BCUT2D eigenvalue weighted by Gasteiger charge is 2.25. The van der Waals surface area contributed by atoms with Crippen molar-refractivity contribution in [1.29, 1.82) is 0 Å². The van der Waals surface area contributed by atoms with Crippen molar-refractivity contribution in [3.8, 4) is 0 Å². The molecule has 0 bridgehead atoms. The molecule has 0 aliphatic carbocycles. The third-order valence-corrected chi connectivity index (χ3v) is 5.55. The van der Waals surface area contributed by atoms with Crippen LogP contribution in [-0.4, -0.2) is 36.2 Å². The summed E-state index contributed by atoms with van der Waals surface area (Å²) in [5.74, 6) is 2.64. The number of benzene rings is 1. The zero-order valence-corrected chi connectivity index (χ0v) is 15.6.